The van der Waals surface area contributed by atoms with E-state index in [0.29, 0.717) is 30.3 Å². The fraction of sp³-hybridized carbons (Fsp3) is 0.304. The zero-order valence-corrected chi connectivity index (χ0v) is 16.7. The number of halogens is 1. The maximum atomic E-state index is 13.1. The first-order chi connectivity index (χ1) is 13.9. The molecule has 0 aromatic heterocycles. The van der Waals surface area contributed by atoms with Gasteiger partial charge in [0.15, 0.2) is 0 Å². The lowest BCUT2D eigenvalue weighted by Crippen LogP contribution is -2.34. The molecule has 2 rings (SSSR count). The summed E-state index contributed by atoms with van der Waals surface area (Å²) in [6, 6.07) is 12.9. The summed E-state index contributed by atoms with van der Waals surface area (Å²) in [6.45, 7) is 5.29. The summed E-state index contributed by atoms with van der Waals surface area (Å²) in [5.74, 6) is 2.02. The van der Waals surface area contributed by atoms with Crippen molar-refractivity contribution in [2.75, 3.05) is 25.0 Å². The second-order valence-corrected chi connectivity index (χ2v) is 7.17. The molecule has 0 saturated carbocycles. The number of amides is 2. The predicted octanol–water partition coefficient (Wildman–Crippen LogP) is 3.29. The highest BCUT2D eigenvalue weighted by Gasteiger charge is 2.15. The number of nitrogens with zero attached hydrogens (tertiary/aromatic N) is 1. The smallest absolute Gasteiger partial charge is 0.253 e. The molecule has 0 radical (unpaired) electrons. The molecule has 2 amide bonds. The molecule has 0 aliphatic rings. The van der Waals surface area contributed by atoms with Crippen LogP contribution < -0.4 is 10.6 Å². The van der Waals surface area contributed by atoms with Crippen LogP contribution in [0.3, 0.4) is 0 Å². The summed E-state index contributed by atoms with van der Waals surface area (Å²) in [7, 11) is 0. The Bertz CT molecular complexity index is 872. The Morgan fingerprint density at radius 1 is 1.14 bits per heavy atom. The third kappa shape index (κ3) is 7.40. The minimum atomic E-state index is -0.317. The first-order valence-electron chi connectivity index (χ1n) is 9.46. The van der Waals surface area contributed by atoms with Crippen LogP contribution >= 0.6 is 0 Å². The monoisotopic (exact) mass is 395 g/mol. The second kappa shape index (κ2) is 11.0. The lowest BCUT2D eigenvalue weighted by molar-refractivity contribution is -0.117. The number of hydrogen-bond donors (Lipinski definition) is 2. The molecule has 0 unspecified atom stereocenters. The van der Waals surface area contributed by atoms with Gasteiger partial charge in [0.05, 0.1) is 24.3 Å². The number of hydrogen-bond acceptors (Lipinski definition) is 3. The largest absolute Gasteiger partial charge is 0.352 e. The molecular formula is C23H26FN3O2. The van der Waals surface area contributed by atoms with Crippen molar-refractivity contribution in [3.8, 4) is 12.3 Å². The molecule has 2 N–H and O–H groups in total. The van der Waals surface area contributed by atoms with E-state index in [1.165, 1.54) is 12.1 Å². The molecule has 0 fully saturated rings. The van der Waals surface area contributed by atoms with Gasteiger partial charge in [-0.1, -0.05) is 44.0 Å². The summed E-state index contributed by atoms with van der Waals surface area (Å²) < 4.78 is 13.1. The van der Waals surface area contributed by atoms with Gasteiger partial charge in [0.2, 0.25) is 5.91 Å². The Labute approximate surface area is 171 Å². The van der Waals surface area contributed by atoms with Crippen molar-refractivity contribution in [3.63, 3.8) is 0 Å². The molecule has 0 saturated heterocycles. The fourth-order valence-corrected chi connectivity index (χ4v) is 2.72. The van der Waals surface area contributed by atoms with E-state index in [4.69, 9.17) is 6.42 Å². The van der Waals surface area contributed by atoms with Crippen LogP contribution in [-0.2, 0) is 11.3 Å². The van der Waals surface area contributed by atoms with E-state index in [0.717, 1.165) is 5.56 Å². The topological polar surface area (TPSA) is 61.4 Å². The fourth-order valence-electron chi connectivity index (χ4n) is 2.72. The normalized spacial score (nSPS) is 10.6. The molecule has 0 atom stereocenters. The first kappa shape index (κ1) is 22.1. The number of carbonyl (C=O) groups excluding carboxylic acids is 2. The molecule has 0 spiro atoms. The van der Waals surface area contributed by atoms with Crippen LogP contribution in [0.1, 0.15) is 29.8 Å². The van der Waals surface area contributed by atoms with E-state index in [1.54, 1.807) is 41.3 Å². The van der Waals surface area contributed by atoms with Crippen LogP contribution in [0.4, 0.5) is 10.1 Å². The van der Waals surface area contributed by atoms with Crippen LogP contribution in [-0.4, -0.2) is 36.3 Å². The maximum Gasteiger partial charge on any atom is 0.253 e. The average Bonchev–Trinajstić information content (AvgIpc) is 2.68. The predicted molar refractivity (Wildman–Crippen MR) is 113 cm³/mol. The van der Waals surface area contributed by atoms with Crippen molar-refractivity contribution in [3.05, 3.63) is 65.5 Å². The Kier molecular flexibility index (Phi) is 8.38. The number of anilines is 1. The van der Waals surface area contributed by atoms with Gasteiger partial charge in [-0.05, 0) is 35.7 Å². The molecule has 6 heteroatoms. The second-order valence-electron chi connectivity index (χ2n) is 7.17. The molecule has 2 aromatic carbocycles. The zero-order valence-electron chi connectivity index (χ0n) is 16.7. The molecule has 29 heavy (non-hydrogen) atoms. The van der Waals surface area contributed by atoms with Crippen molar-refractivity contribution >= 4 is 17.5 Å². The van der Waals surface area contributed by atoms with E-state index in [1.807, 2.05) is 13.8 Å². The highest BCUT2D eigenvalue weighted by atomic mass is 19.1. The Balaban J connectivity index is 2.03. The molecular weight excluding hydrogens is 369 g/mol. The molecule has 2 aromatic rings. The van der Waals surface area contributed by atoms with E-state index >= 15 is 0 Å². The van der Waals surface area contributed by atoms with Crippen molar-refractivity contribution in [2.45, 2.75) is 20.4 Å². The molecule has 0 aliphatic carbocycles. The SMILES string of the molecule is C#CCN(CC(=O)Nc1ccccc1C(=O)NCC(C)C)Cc1ccc(F)cc1. The van der Waals surface area contributed by atoms with Gasteiger partial charge in [0.25, 0.3) is 5.91 Å². The molecule has 0 heterocycles. The number of terminal acetylenes is 1. The summed E-state index contributed by atoms with van der Waals surface area (Å²) in [5.41, 5.74) is 1.70. The van der Waals surface area contributed by atoms with Crippen molar-refractivity contribution in [1.29, 1.82) is 0 Å². The lowest BCUT2D eigenvalue weighted by atomic mass is 10.1. The number of carbonyl (C=O) groups is 2. The highest BCUT2D eigenvalue weighted by molar-refractivity contribution is 6.04. The van der Waals surface area contributed by atoms with Gasteiger partial charge in [0.1, 0.15) is 5.82 Å². The van der Waals surface area contributed by atoms with Crippen molar-refractivity contribution < 1.29 is 14.0 Å². The van der Waals surface area contributed by atoms with E-state index < -0.39 is 0 Å². The van der Waals surface area contributed by atoms with Gasteiger partial charge in [-0.2, -0.15) is 0 Å². The molecule has 0 aliphatic heterocycles. The molecule has 5 nitrogen and oxygen atoms in total. The van der Waals surface area contributed by atoms with Gasteiger partial charge in [-0.15, -0.1) is 6.42 Å². The van der Waals surface area contributed by atoms with E-state index in [2.05, 4.69) is 16.6 Å². The lowest BCUT2D eigenvalue weighted by Gasteiger charge is -2.20. The quantitative estimate of drug-likeness (QED) is 0.641. The standard InChI is InChI=1S/C23H26FN3O2/c1-4-13-27(15-18-9-11-19(24)12-10-18)16-22(28)26-21-8-6-5-7-20(21)23(29)25-14-17(2)3/h1,5-12,17H,13-16H2,2-3H3,(H,25,29)(H,26,28). The van der Waals surface area contributed by atoms with Gasteiger partial charge in [-0.3, -0.25) is 14.5 Å². The minimum absolute atomic E-state index is 0.0452. The van der Waals surface area contributed by atoms with Crippen LogP contribution in [0.5, 0.6) is 0 Å². The van der Waals surface area contributed by atoms with Crippen LogP contribution in [0.25, 0.3) is 0 Å². The molecule has 0 bridgehead atoms. The van der Waals surface area contributed by atoms with Gasteiger partial charge in [-0.25, -0.2) is 4.39 Å². The number of nitrogens with one attached hydrogen (secondary N) is 2. The van der Waals surface area contributed by atoms with Gasteiger partial charge >= 0.3 is 0 Å². The number of para-hydroxylation sites is 1. The maximum absolute atomic E-state index is 13.1. The highest BCUT2D eigenvalue weighted by Crippen LogP contribution is 2.15. The third-order valence-corrected chi connectivity index (χ3v) is 4.12. The summed E-state index contributed by atoms with van der Waals surface area (Å²) in [4.78, 5) is 26.8. The van der Waals surface area contributed by atoms with Crippen LogP contribution in [0.15, 0.2) is 48.5 Å². The Morgan fingerprint density at radius 3 is 2.48 bits per heavy atom. The van der Waals surface area contributed by atoms with Crippen LogP contribution in [0, 0.1) is 24.1 Å². The number of benzene rings is 2. The van der Waals surface area contributed by atoms with Crippen molar-refractivity contribution in [1.82, 2.24) is 10.2 Å². The minimum Gasteiger partial charge on any atom is -0.352 e. The summed E-state index contributed by atoms with van der Waals surface area (Å²) in [6.07, 6.45) is 5.42. The summed E-state index contributed by atoms with van der Waals surface area (Å²) >= 11 is 0. The zero-order chi connectivity index (χ0) is 21.2. The summed E-state index contributed by atoms with van der Waals surface area (Å²) in [5, 5.41) is 5.65. The third-order valence-electron chi connectivity index (χ3n) is 4.12. The van der Waals surface area contributed by atoms with E-state index in [9.17, 15) is 14.0 Å². The van der Waals surface area contributed by atoms with E-state index in [-0.39, 0.29) is 30.7 Å². The molecule has 152 valence electrons. The van der Waals surface area contributed by atoms with Crippen molar-refractivity contribution in [2.24, 2.45) is 5.92 Å². The van der Waals surface area contributed by atoms with Crippen LogP contribution in [0.2, 0.25) is 0 Å². The first-order valence-corrected chi connectivity index (χ1v) is 9.46. The van der Waals surface area contributed by atoms with Gasteiger partial charge < -0.3 is 10.6 Å². The van der Waals surface area contributed by atoms with Gasteiger partial charge in [0, 0.05) is 13.1 Å². The Morgan fingerprint density at radius 2 is 1.83 bits per heavy atom. The Hall–Kier alpha value is -3.17. The average molecular weight is 395 g/mol. The number of rotatable bonds is 9.